The van der Waals surface area contributed by atoms with E-state index in [1.165, 1.54) is 4.88 Å². The molecule has 0 aromatic carbocycles. The van der Waals surface area contributed by atoms with Gasteiger partial charge in [-0.15, -0.1) is 22.7 Å². The van der Waals surface area contributed by atoms with E-state index in [9.17, 15) is 9.59 Å². The lowest BCUT2D eigenvalue weighted by Gasteiger charge is -2.35. The van der Waals surface area contributed by atoms with E-state index in [0.717, 1.165) is 22.7 Å². The fourth-order valence-electron chi connectivity index (χ4n) is 4.19. The molecule has 2 aromatic rings. The molecule has 2 aliphatic rings. The number of nitrogens with one attached hydrogen (secondary N) is 1. The topological polar surface area (TPSA) is 64.6 Å². The Morgan fingerprint density at radius 2 is 1.87 bits per heavy atom. The summed E-state index contributed by atoms with van der Waals surface area (Å²) >= 11 is 3.25. The number of thiophene rings is 2. The second-order valence-corrected chi connectivity index (χ2v) is 9.34. The van der Waals surface area contributed by atoms with Crippen LogP contribution < -0.4 is 5.32 Å². The molecule has 0 saturated heterocycles. The van der Waals surface area contributed by atoms with E-state index in [0.29, 0.717) is 30.8 Å². The molecule has 0 fully saturated rings. The number of carbonyl (C=O) groups is 2. The number of hydrogen-bond donors (Lipinski definition) is 1. The van der Waals surface area contributed by atoms with Gasteiger partial charge < -0.3 is 14.8 Å². The van der Waals surface area contributed by atoms with Gasteiger partial charge in [-0.05, 0) is 43.2 Å². The zero-order chi connectivity index (χ0) is 21.1. The van der Waals surface area contributed by atoms with Gasteiger partial charge in [0.15, 0.2) is 5.78 Å². The van der Waals surface area contributed by atoms with Crippen LogP contribution in [0.25, 0.3) is 0 Å². The van der Waals surface area contributed by atoms with E-state index in [1.54, 1.807) is 22.7 Å². The maximum Gasteiger partial charge on any atom is 0.336 e. The highest BCUT2D eigenvalue weighted by molar-refractivity contribution is 7.10. The van der Waals surface area contributed by atoms with Gasteiger partial charge in [0.05, 0.1) is 18.1 Å². The third kappa shape index (κ3) is 4.15. The Hall–Kier alpha value is -2.22. The second-order valence-electron chi connectivity index (χ2n) is 7.38. The van der Waals surface area contributed by atoms with Crippen LogP contribution in [0.15, 0.2) is 57.6 Å². The van der Waals surface area contributed by atoms with Gasteiger partial charge in [-0.1, -0.05) is 12.1 Å². The van der Waals surface area contributed by atoms with Crippen LogP contribution in [0.2, 0.25) is 0 Å². The van der Waals surface area contributed by atoms with E-state index < -0.39 is 5.97 Å². The summed E-state index contributed by atoms with van der Waals surface area (Å²) in [6.45, 7) is 4.93. The summed E-state index contributed by atoms with van der Waals surface area (Å²) < 4.78 is 10.8. The standard InChI is InChI=1S/C23H25NO4S2/c1-3-27-8-9-28-23(26)20-14(2)24-16-12-15(18-6-4-10-29-18)13-17(25)21(16)22(20)19-7-5-11-30-19/h4-7,10-11,15,22,24H,3,8-9,12-13H2,1-2H3/t15-,22-/m1/s1. The van der Waals surface area contributed by atoms with Crippen LogP contribution >= 0.6 is 22.7 Å². The van der Waals surface area contributed by atoms with Gasteiger partial charge in [0.1, 0.15) is 6.61 Å². The fraction of sp³-hybridized carbons (Fsp3) is 0.391. The van der Waals surface area contributed by atoms with Crippen LogP contribution in [0.4, 0.5) is 0 Å². The van der Waals surface area contributed by atoms with Crippen LogP contribution in [-0.4, -0.2) is 31.6 Å². The molecule has 0 radical (unpaired) electrons. The molecule has 0 unspecified atom stereocenters. The van der Waals surface area contributed by atoms with E-state index in [-0.39, 0.29) is 24.2 Å². The molecular formula is C23H25NO4S2. The average molecular weight is 444 g/mol. The molecule has 4 rings (SSSR count). The summed E-state index contributed by atoms with van der Waals surface area (Å²) in [7, 11) is 0. The number of rotatable bonds is 7. The van der Waals surface area contributed by atoms with Crippen molar-refractivity contribution in [1.82, 2.24) is 5.32 Å². The molecule has 5 nitrogen and oxygen atoms in total. The Bertz CT molecular complexity index is 973. The first-order valence-electron chi connectivity index (χ1n) is 10.2. The average Bonchev–Trinajstić information content (AvgIpc) is 3.44. The normalized spacial score (nSPS) is 21.5. The Balaban J connectivity index is 1.66. The first-order valence-corrected chi connectivity index (χ1v) is 11.9. The minimum absolute atomic E-state index is 0.104. The molecule has 0 amide bonds. The SMILES string of the molecule is CCOCCOC(=O)C1=C(C)NC2=C(C(=O)C[C@H](c3cccs3)C2)[C@@H]1c1cccs1. The third-order valence-corrected chi connectivity index (χ3v) is 7.46. The maximum atomic E-state index is 13.3. The minimum Gasteiger partial charge on any atom is -0.460 e. The zero-order valence-electron chi connectivity index (χ0n) is 17.1. The predicted molar refractivity (Wildman–Crippen MR) is 119 cm³/mol. The van der Waals surface area contributed by atoms with Crippen molar-refractivity contribution in [3.8, 4) is 0 Å². The molecule has 158 valence electrons. The largest absolute Gasteiger partial charge is 0.460 e. The number of dihydropyridines is 1. The van der Waals surface area contributed by atoms with Gasteiger partial charge in [0, 0.05) is 45.7 Å². The summed E-state index contributed by atoms with van der Waals surface area (Å²) in [5.41, 5.74) is 2.93. The molecule has 7 heteroatoms. The van der Waals surface area contributed by atoms with E-state index >= 15 is 0 Å². The van der Waals surface area contributed by atoms with Gasteiger partial charge in [0.2, 0.25) is 0 Å². The van der Waals surface area contributed by atoms with Gasteiger partial charge >= 0.3 is 5.97 Å². The number of hydrogen-bond acceptors (Lipinski definition) is 7. The van der Waals surface area contributed by atoms with Crippen LogP contribution in [0.3, 0.4) is 0 Å². The van der Waals surface area contributed by atoms with Gasteiger partial charge in [-0.25, -0.2) is 4.79 Å². The summed E-state index contributed by atoms with van der Waals surface area (Å²) in [6, 6.07) is 8.07. The lowest BCUT2D eigenvalue weighted by atomic mass is 9.74. The van der Waals surface area contributed by atoms with Crippen molar-refractivity contribution < 1.29 is 19.1 Å². The lowest BCUT2D eigenvalue weighted by molar-refractivity contribution is -0.140. The molecule has 30 heavy (non-hydrogen) atoms. The molecule has 1 N–H and O–H groups in total. The van der Waals surface area contributed by atoms with E-state index in [4.69, 9.17) is 9.47 Å². The molecule has 0 bridgehead atoms. The Kier molecular flexibility index (Phi) is 6.51. The molecule has 2 atom stereocenters. The zero-order valence-corrected chi connectivity index (χ0v) is 18.7. The molecular weight excluding hydrogens is 418 g/mol. The van der Waals surface area contributed by atoms with Crippen molar-refractivity contribution in [1.29, 1.82) is 0 Å². The predicted octanol–water partition coefficient (Wildman–Crippen LogP) is 4.75. The van der Waals surface area contributed by atoms with Crippen molar-refractivity contribution in [2.75, 3.05) is 19.8 Å². The summed E-state index contributed by atoms with van der Waals surface area (Å²) in [4.78, 5) is 28.6. The highest BCUT2D eigenvalue weighted by atomic mass is 32.1. The van der Waals surface area contributed by atoms with Gasteiger partial charge in [-0.2, -0.15) is 0 Å². The number of esters is 1. The smallest absolute Gasteiger partial charge is 0.336 e. The Morgan fingerprint density at radius 1 is 1.13 bits per heavy atom. The number of ether oxygens (including phenoxy) is 2. The van der Waals surface area contributed by atoms with E-state index in [1.807, 2.05) is 42.8 Å². The van der Waals surface area contributed by atoms with Crippen molar-refractivity contribution in [2.24, 2.45) is 0 Å². The molecule has 0 saturated carbocycles. The lowest BCUT2D eigenvalue weighted by Crippen LogP contribution is -2.36. The van der Waals surface area contributed by atoms with Crippen LogP contribution in [0.5, 0.6) is 0 Å². The van der Waals surface area contributed by atoms with Crippen molar-refractivity contribution in [3.05, 3.63) is 67.3 Å². The molecule has 0 spiro atoms. The highest BCUT2D eigenvalue weighted by Crippen LogP contribution is 2.47. The fourth-order valence-corrected chi connectivity index (χ4v) is 5.86. The molecule has 1 aliphatic heterocycles. The number of ketones is 1. The number of Topliss-reactive ketones (excluding diaryl/α,β-unsaturated/α-hetero) is 1. The van der Waals surface area contributed by atoms with Gasteiger partial charge in [0.25, 0.3) is 0 Å². The van der Waals surface area contributed by atoms with Crippen LogP contribution in [0, 0.1) is 0 Å². The molecule has 1 aliphatic carbocycles. The van der Waals surface area contributed by atoms with Crippen LogP contribution in [0.1, 0.15) is 48.3 Å². The third-order valence-electron chi connectivity index (χ3n) is 5.49. The highest BCUT2D eigenvalue weighted by Gasteiger charge is 2.41. The maximum absolute atomic E-state index is 13.3. The van der Waals surface area contributed by atoms with Gasteiger partial charge in [-0.3, -0.25) is 4.79 Å². The Labute approximate surface area is 184 Å². The summed E-state index contributed by atoms with van der Waals surface area (Å²) in [5, 5.41) is 7.41. The van der Waals surface area contributed by atoms with Crippen LogP contribution in [-0.2, 0) is 19.1 Å². The van der Waals surface area contributed by atoms with E-state index in [2.05, 4.69) is 11.4 Å². The second kappa shape index (κ2) is 9.29. The Morgan fingerprint density at radius 3 is 2.53 bits per heavy atom. The van der Waals surface area contributed by atoms with Crippen molar-refractivity contribution >= 4 is 34.4 Å². The number of carbonyl (C=O) groups excluding carboxylic acids is 2. The first kappa shape index (κ1) is 21.0. The monoisotopic (exact) mass is 443 g/mol. The summed E-state index contributed by atoms with van der Waals surface area (Å²) in [5.74, 6) is -0.483. The van der Waals surface area contributed by atoms with Crippen molar-refractivity contribution in [3.63, 3.8) is 0 Å². The first-order chi connectivity index (χ1) is 14.6. The number of allylic oxidation sites excluding steroid dienone is 3. The van der Waals surface area contributed by atoms with Crippen molar-refractivity contribution in [2.45, 2.75) is 38.5 Å². The quantitative estimate of drug-likeness (QED) is 0.494. The molecule has 3 heterocycles. The minimum atomic E-state index is -0.391. The molecule has 2 aromatic heterocycles. The summed E-state index contributed by atoms with van der Waals surface area (Å²) in [6.07, 6.45) is 1.24.